The third-order valence-corrected chi connectivity index (χ3v) is 10.7. The summed E-state index contributed by atoms with van der Waals surface area (Å²) in [5.74, 6) is -0.787. The number of hydrogen-bond acceptors (Lipinski definition) is 8. The smallest absolute Gasteiger partial charge is 0.263 e. The largest absolute Gasteiger partial charge is 0.344 e. The summed E-state index contributed by atoms with van der Waals surface area (Å²) in [4.78, 5) is 49.1. The van der Waals surface area contributed by atoms with Gasteiger partial charge in [0.2, 0.25) is 5.91 Å². The first-order valence-electron chi connectivity index (χ1n) is 14.3. The number of pyridine rings is 1. The van der Waals surface area contributed by atoms with Gasteiger partial charge in [0.05, 0.1) is 23.3 Å². The number of amides is 2. The summed E-state index contributed by atoms with van der Waals surface area (Å²) in [5.41, 5.74) is 0.726. The van der Waals surface area contributed by atoms with E-state index < -0.39 is 28.0 Å². The fourth-order valence-electron chi connectivity index (χ4n) is 5.44. The Morgan fingerprint density at radius 2 is 1.88 bits per heavy atom. The molecule has 2 fully saturated rings. The van der Waals surface area contributed by atoms with Gasteiger partial charge in [-0.1, -0.05) is 52.0 Å². The van der Waals surface area contributed by atoms with Crippen molar-refractivity contribution in [2.75, 3.05) is 13.1 Å². The first-order valence-corrected chi connectivity index (χ1v) is 16.5. The third kappa shape index (κ3) is 7.32. The van der Waals surface area contributed by atoms with E-state index in [-0.39, 0.29) is 29.8 Å². The molecule has 0 bridgehead atoms. The molecule has 2 N–H and O–H groups in total. The van der Waals surface area contributed by atoms with Crippen LogP contribution in [0.25, 0.3) is 0 Å². The standard InChI is InChI=1S/C28H39N5O5S2/c1-3-20-26(39-24(4-2)30-20)28(36)32-22(17-19-11-6-5-7-12-19)27(35)31-21-13-10-16-33(18-23(21)34)40(37,38)25-14-8-9-15-29-25/h8-9,14-15,19,21-22H,3-7,10-13,16-18H2,1-2H3,(H,31,35)(H,32,36)/t21-,22-/m0/s1. The van der Waals surface area contributed by atoms with Crippen LogP contribution in [0.4, 0.5) is 0 Å². The van der Waals surface area contributed by atoms with E-state index in [4.69, 9.17) is 0 Å². The van der Waals surface area contributed by atoms with Gasteiger partial charge in [-0.2, -0.15) is 4.31 Å². The van der Waals surface area contributed by atoms with E-state index in [1.165, 1.54) is 30.0 Å². The van der Waals surface area contributed by atoms with Crippen molar-refractivity contribution in [3.8, 4) is 0 Å². The number of sulfonamides is 1. The van der Waals surface area contributed by atoms with Crippen molar-refractivity contribution < 1.29 is 22.8 Å². The van der Waals surface area contributed by atoms with E-state index in [2.05, 4.69) is 20.6 Å². The van der Waals surface area contributed by atoms with Gasteiger partial charge in [-0.3, -0.25) is 14.4 Å². The Balaban J connectivity index is 1.47. The molecule has 2 aromatic rings. The molecule has 2 atom stereocenters. The van der Waals surface area contributed by atoms with Gasteiger partial charge in [0.25, 0.3) is 15.9 Å². The highest BCUT2D eigenvalue weighted by Gasteiger charge is 2.35. The number of ketones is 1. The minimum Gasteiger partial charge on any atom is -0.344 e. The number of carbonyl (C=O) groups excluding carboxylic acids is 3. The number of aromatic nitrogens is 2. The summed E-state index contributed by atoms with van der Waals surface area (Å²) in [7, 11) is -3.93. The molecule has 3 heterocycles. The van der Waals surface area contributed by atoms with Crippen LogP contribution in [-0.2, 0) is 32.5 Å². The summed E-state index contributed by atoms with van der Waals surface area (Å²) in [5, 5.41) is 6.59. The molecule has 4 rings (SSSR count). The maximum absolute atomic E-state index is 13.6. The van der Waals surface area contributed by atoms with Crippen molar-refractivity contribution in [1.82, 2.24) is 24.9 Å². The second-order valence-corrected chi connectivity index (χ2v) is 13.5. The van der Waals surface area contributed by atoms with Crippen molar-refractivity contribution in [2.24, 2.45) is 5.92 Å². The van der Waals surface area contributed by atoms with Crippen LogP contribution >= 0.6 is 11.3 Å². The van der Waals surface area contributed by atoms with Crippen LogP contribution in [0.3, 0.4) is 0 Å². The van der Waals surface area contributed by atoms with Gasteiger partial charge >= 0.3 is 0 Å². The van der Waals surface area contributed by atoms with Gasteiger partial charge in [0.1, 0.15) is 10.9 Å². The Kier molecular flexibility index (Phi) is 10.4. The van der Waals surface area contributed by atoms with Crippen LogP contribution in [0.1, 0.15) is 85.6 Å². The van der Waals surface area contributed by atoms with E-state index in [0.717, 1.165) is 47.1 Å². The van der Waals surface area contributed by atoms with Crippen molar-refractivity contribution in [1.29, 1.82) is 0 Å². The van der Waals surface area contributed by atoms with Gasteiger partial charge < -0.3 is 10.6 Å². The van der Waals surface area contributed by atoms with Crippen LogP contribution in [-0.4, -0.2) is 65.5 Å². The number of Topliss-reactive ketones (excluding diaryl/α,β-unsaturated/α-hetero) is 1. The molecule has 2 aliphatic rings. The highest BCUT2D eigenvalue weighted by molar-refractivity contribution is 7.89. The number of carbonyl (C=O) groups is 3. The van der Waals surface area contributed by atoms with E-state index in [0.29, 0.717) is 36.5 Å². The molecule has 218 valence electrons. The van der Waals surface area contributed by atoms with E-state index in [1.807, 2.05) is 13.8 Å². The zero-order valence-electron chi connectivity index (χ0n) is 23.2. The number of aryl methyl sites for hydroxylation is 2. The molecule has 2 aromatic heterocycles. The van der Waals surface area contributed by atoms with Crippen molar-refractivity contribution in [2.45, 2.75) is 95.2 Å². The molecule has 1 aliphatic carbocycles. The molecule has 1 saturated heterocycles. The van der Waals surface area contributed by atoms with Crippen LogP contribution in [0.15, 0.2) is 29.4 Å². The summed E-state index contributed by atoms with van der Waals surface area (Å²) in [6, 6.07) is 2.99. The molecule has 40 heavy (non-hydrogen) atoms. The predicted octanol–water partition coefficient (Wildman–Crippen LogP) is 3.27. The lowest BCUT2D eigenvalue weighted by molar-refractivity contribution is -0.129. The normalized spacial score (nSPS) is 20.1. The topological polar surface area (TPSA) is 138 Å². The maximum Gasteiger partial charge on any atom is 0.263 e. The quantitative estimate of drug-likeness (QED) is 0.434. The fraction of sp³-hybridized carbons (Fsp3) is 0.607. The van der Waals surface area contributed by atoms with Gasteiger partial charge in [0.15, 0.2) is 10.8 Å². The molecule has 2 amide bonds. The average molecular weight is 590 g/mol. The lowest BCUT2D eigenvalue weighted by atomic mass is 9.84. The summed E-state index contributed by atoms with van der Waals surface area (Å²) in [6.07, 6.45) is 9.35. The Morgan fingerprint density at radius 3 is 2.55 bits per heavy atom. The molecule has 1 aliphatic heterocycles. The number of hydrogen-bond donors (Lipinski definition) is 2. The first-order chi connectivity index (χ1) is 19.2. The molecule has 0 radical (unpaired) electrons. The number of rotatable bonds is 10. The van der Waals surface area contributed by atoms with Gasteiger partial charge in [-0.05, 0) is 50.2 Å². The SMILES string of the molecule is CCc1nc(CC)c(C(=O)N[C@@H](CC2CCCCC2)C(=O)N[C@H]2CCCN(S(=O)(=O)c3ccccn3)CC2=O)s1. The van der Waals surface area contributed by atoms with Crippen LogP contribution in [0.5, 0.6) is 0 Å². The second kappa shape index (κ2) is 13.8. The highest BCUT2D eigenvalue weighted by Crippen LogP contribution is 2.28. The van der Waals surface area contributed by atoms with Crippen LogP contribution in [0, 0.1) is 5.92 Å². The molecular formula is C28H39N5O5S2. The number of nitrogens with zero attached hydrogens (tertiary/aromatic N) is 3. The molecule has 0 unspecified atom stereocenters. The van der Waals surface area contributed by atoms with E-state index >= 15 is 0 Å². The van der Waals surface area contributed by atoms with Gasteiger partial charge in [0, 0.05) is 12.7 Å². The summed E-state index contributed by atoms with van der Waals surface area (Å²) >= 11 is 1.35. The monoisotopic (exact) mass is 589 g/mol. The number of nitrogens with one attached hydrogen (secondary N) is 2. The zero-order valence-corrected chi connectivity index (χ0v) is 24.9. The van der Waals surface area contributed by atoms with Crippen molar-refractivity contribution >= 4 is 39.0 Å². The number of thiazole rings is 1. The highest BCUT2D eigenvalue weighted by atomic mass is 32.2. The lowest BCUT2D eigenvalue weighted by Crippen LogP contribution is -2.53. The summed E-state index contributed by atoms with van der Waals surface area (Å²) in [6.45, 7) is 3.76. The van der Waals surface area contributed by atoms with Crippen LogP contribution in [0.2, 0.25) is 0 Å². The predicted molar refractivity (Wildman–Crippen MR) is 152 cm³/mol. The second-order valence-electron chi connectivity index (χ2n) is 10.5. The molecule has 10 nitrogen and oxygen atoms in total. The van der Waals surface area contributed by atoms with E-state index in [9.17, 15) is 22.8 Å². The van der Waals surface area contributed by atoms with Crippen molar-refractivity contribution in [3.05, 3.63) is 40.0 Å². The fourth-order valence-corrected chi connectivity index (χ4v) is 7.81. The zero-order chi connectivity index (χ0) is 28.7. The Labute approximate surface area is 240 Å². The van der Waals surface area contributed by atoms with Crippen LogP contribution < -0.4 is 10.6 Å². The molecule has 12 heteroatoms. The first kappa shape index (κ1) is 30.3. The molecule has 0 spiro atoms. The third-order valence-electron chi connectivity index (χ3n) is 7.68. The molecular weight excluding hydrogens is 550 g/mol. The molecule has 0 aromatic carbocycles. The summed E-state index contributed by atoms with van der Waals surface area (Å²) < 4.78 is 27.2. The van der Waals surface area contributed by atoms with Gasteiger partial charge in [-0.25, -0.2) is 18.4 Å². The molecule has 1 saturated carbocycles. The minimum absolute atomic E-state index is 0.110. The Bertz CT molecular complexity index is 1290. The van der Waals surface area contributed by atoms with Gasteiger partial charge in [-0.15, -0.1) is 11.3 Å². The Hall–Kier alpha value is -2.70. The van der Waals surface area contributed by atoms with Crippen molar-refractivity contribution in [3.63, 3.8) is 0 Å². The Morgan fingerprint density at radius 1 is 1.10 bits per heavy atom. The minimum atomic E-state index is -3.93. The van der Waals surface area contributed by atoms with E-state index in [1.54, 1.807) is 12.1 Å². The maximum atomic E-state index is 13.6. The average Bonchev–Trinajstić information content (AvgIpc) is 3.31. The lowest BCUT2D eigenvalue weighted by Gasteiger charge is -2.28.